The van der Waals surface area contributed by atoms with E-state index in [1.54, 1.807) is 12.1 Å². The van der Waals surface area contributed by atoms with Crippen LogP contribution < -0.4 is 0 Å². The van der Waals surface area contributed by atoms with Crippen molar-refractivity contribution in [1.82, 2.24) is 0 Å². The van der Waals surface area contributed by atoms with E-state index in [0.717, 1.165) is 11.1 Å². The van der Waals surface area contributed by atoms with E-state index in [0.29, 0.717) is 22.1 Å². The third-order valence-corrected chi connectivity index (χ3v) is 3.20. The van der Waals surface area contributed by atoms with Gasteiger partial charge in [-0.2, -0.15) is 0 Å². The maximum Gasteiger partial charge on any atom is 0.163 e. The van der Waals surface area contributed by atoms with E-state index in [-0.39, 0.29) is 5.78 Å². The minimum Gasteiger partial charge on any atom is -0.294 e. The Balaban J connectivity index is 2.94. The lowest BCUT2D eigenvalue weighted by atomic mass is 10.1. The maximum absolute atomic E-state index is 11.5. The summed E-state index contributed by atoms with van der Waals surface area (Å²) in [6, 6.07) is 5.36. The molecule has 0 unspecified atom stereocenters. The third kappa shape index (κ3) is 3.07. The van der Waals surface area contributed by atoms with Gasteiger partial charge in [-0.25, -0.2) is 0 Å². The normalized spacial score (nSPS) is 10.2. The molecule has 76 valence electrons. The minimum absolute atomic E-state index is 0.140. The van der Waals surface area contributed by atoms with Crippen LogP contribution in [0.3, 0.4) is 0 Å². The Hall–Kier alpha value is 0.140. The molecule has 14 heavy (non-hydrogen) atoms. The van der Waals surface area contributed by atoms with Crippen molar-refractivity contribution in [2.75, 3.05) is 5.33 Å². The van der Waals surface area contributed by atoms with Gasteiger partial charge in [0.1, 0.15) is 0 Å². The maximum atomic E-state index is 11.5. The predicted octanol–water partition coefficient (Wildman–Crippen LogP) is 4.20. The summed E-state index contributed by atoms with van der Waals surface area (Å²) < 4.78 is 0. The lowest BCUT2D eigenvalue weighted by molar-refractivity contribution is 0.0990. The zero-order valence-corrected chi connectivity index (χ0v) is 11.3. The van der Waals surface area contributed by atoms with Crippen LogP contribution in [0.4, 0.5) is 0 Å². The number of benzene rings is 1. The summed E-state index contributed by atoms with van der Waals surface area (Å²) >= 11 is 12.5. The van der Waals surface area contributed by atoms with Crippen molar-refractivity contribution in [3.8, 4) is 0 Å². The molecule has 1 nitrogen and oxygen atoms in total. The molecule has 0 aliphatic carbocycles. The second kappa shape index (κ2) is 5.89. The number of carbonyl (C=O) groups is 1. The van der Waals surface area contributed by atoms with Crippen LogP contribution in [-0.2, 0) is 5.33 Å². The Morgan fingerprint density at radius 1 is 1.36 bits per heavy atom. The number of carbonyl (C=O) groups excluding carboxylic acids is 1. The lowest BCUT2D eigenvalue weighted by Crippen LogP contribution is -2.00. The molecule has 0 heterocycles. The molecule has 1 rings (SSSR count). The first kappa shape index (κ1) is 12.2. The van der Waals surface area contributed by atoms with E-state index in [1.807, 2.05) is 6.07 Å². The third-order valence-electron chi connectivity index (χ3n) is 1.83. The molecule has 0 radical (unpaired) electrons. The highest BCUT2D eigenvalue weighted by Gasteiger charge is 2.07. The summed E-state index contributed by atoms with van der Waals surface area (Å²) in [7, 11) is 0. The van der Waals surface area contributed by atoms with Crippen LogP contribution in [0.5, 0.6) is 0 Å². The van der Waals surface area contributed by atoms with Crippen LogP contribution in [0.2, 0.25) is 5.02 Å². The fourth-order valence-electron chi connectivity index (χ4n) is 1.08. The van der Waals surface area contributed by atoms with Crippen LogP contribution >= 0.6 is 43.5 Å². The molecule has 0 atom stereocenters. The van der Waals surface area contributed by atoms with Gasteiger partial charge in [-0.15, -0.1) is 0 Å². The highest BCUT2D eigenvalue weighted by Crippen LogP contribution is 2.20. The van der Waals surface area contributed by atoms with Crippen molar-refractivity contribution in [3.05, 3.63) is 34.3 Å². The summed E-state index contributed by atoms with van der Waals surface area (Å²) in [6.07, 6.45) is 0.517. The highest BCUT2D eigenvalue weighted by atomic mass is 79.9. The SMILES string of the molecule is O=C(CCBr)c1ccc(Cl)c(CBr)c1. The van der Waals surface area contributed by atoms with Gasteiger partial charge in [0.25, 0.3) is 0 Å². The monoisotopic (exact) mass is 338 g/mol. The second-order valence-electron chi connectivity index (χ2n) is 2.80. The number of halogens is 3. The minimum atomic E-state index is 0.140. The molecular formula is C10H9Br2ClO. The zero-order chi connectivity index (χ0) is 10.6. The number of Topliss-reactive ketones (excluding diaryl/α,β-unsaturated/α-hetero) is 1. The van der Waals surface area contributed by atoms with Crippen LogP contribution in [0.1, 0.15) is 22.3 Å². The number of ketones is 1. The van der Waals surface area contributed by atoms with Gasteiger partial charge >= 0.3 is 0 Å². The molecular weight excluding hydrogens is 331 g/mol. The number of alkyl halides is 2. The Morgan fingerprint density at radius 3 is 2.64 bits per heavy atom. The molecule has 0 spiro atoms. The average molecular weight is 340 g/mol. The summed E-state index contributed by atoms with van der Waals surface area (Å²) in [5, 5.41) is 2.05. The van der Waals surface area contributed by atoms with E-state index in [9.17, 15) is 4.79 Å². The molecule has 0 aliphatic rings. The standard InChI is InChI=1S/C10H9Br2ClO/c11-4-3-10(14)7-1-2-9(13)8(5-7)6-12/h1-2,5H,3-4,6H2. The van der Waals surface area contributed by atoms with Gasteiger partial charge < -0.3 is 0 Å². The quantitative estimate of drug-likeness (QED) is 0.593. The Morgan fingerprint density at radius 2 is 2.07 bits per heavy atom. The summed E-state index contributed by atoms with van der Waals surface area (Å²) in [4.78, 5) is 11.5. The Kier molecular flexibility index (Phi) is 5.13. The molecule has 0 fully saturated rings. The lowest BCUT2D eigenvalue weighted by Gasteiger charge is -2.03. The van der Waals surface area contributed by atoms with Crippen molar-refractivity contribution in [2.45, 2.75) is 11.8 Å². The first-order chi connectivity index (χ1) is 6.69. The summed E-state index contributed by atoms with van der Waals surface area (Å²) in [5.41, 5.74) is 1.68. The van der Waals surface area contributed by atoms with Crippen LogP contribution in [-0.4, -0.2) is 11.1 Å². The number of hydrogen-bond acceptors (Lipinski definition) is 1. The van der Waals surface area contributed by atoms with Gasteiger partial charge in [0.15, 0.2) is 5.78 Å². The number of rotatable bonds is 4. The van der Waals surface area contributed by atoms with Crippen molar-refractivity contribution >= 4 is 49.2 Å². The molecule has 0 aliphatic heterocycles. The number of hydrogen-bond donors (Lipinski definition) is 0. The van der Waals surface area contributed by atoms with Gasteiger partial charge in [-0.3, -0.25) is 4.79 Å². The average Bonchev–Trinajstić information content (AvgIpc) is 2.19. The molecule has 4 heteroatoms. The predicted molar refractivity (Wildman–Crippen MR) is 66.8 cm³/mol. The van der Waals surface area contributed by atoms with Gasteiger partial charge in [0.05, 0.1) is 0 Å². The molecule has 0 bridgehead atoms. The highest BCUT2D eigenvalue weighted by molar-refractivity contribution is 9.09. The van der Waals surface area contributed by atoms with E-state index in [1.165, 1.54) is 0 Å². The smallest absolute Gasteiger partial charge is 0.163 e. The summed E-state index contributed by atoms with van der Waals surface area (Å²) in [6.45, 7) is 0. The molecule has 0 saturated heterocycles. The molecule has 0 aromatic heterocycles. The van der Waals surface area contributed by atoms with Gasteiger partial charge in [-0.05, 0) is 23.8 Å². The van der Waals surface area contributed by atoms with Crippen LogP contribution in [0.15, 0.2) is 18.2 Å². The van der Waals surface area contributed by atoms with Crippen molar-refractivity contribution < 1.29 is 4.79 Å². The first-order valence-corrected chi connectivity index (χ1v) is 6.74. The van der Waals surface area contributed by atoms with Crippen LogP contribution in [0.25, 0.3) is 0 Å². The Bertz CT molecular complexity index is 339. The fraction of sp³-hybridized carbons (Fsp3) is 0.300. The zero-order valence-electron chi connectivity index (χ0n) is 7.40. The molecule has 0 N–H and O–H groups in total. The van der Waals surface area contributed by atoms with Crippen LogP contribution in [0, 0.1) is 0 Å². The molecule has 0 saturated carbocycles. The van der Waals surface area contributed by atoms with Crippen molar-refractivity contribution in [3.63, 3.8) is 0 Å². The van der Waals surface area contributed by atoms with Crippen molar-refractivity contribution in [2.24, 2.45) is 0 Å². The Labute approximate surface area is 105 Å². The van der Waals surface area contributed by atoms with Gasteiger partial charge in [-0.1, -0.05) is 43.5 Å². The van der Waals surface area contributed by atoms with E-state index in [2.05, 4.69) is 31.9 Å². The fourth-order valence-corrected chi connectivity index (χ4v) is 2.25. The first-order valence-electron chi connectivity index (χ1n) is 4.12. The van der Waals surface area contributed by atoms with E-state index in [4.69, 9.17) is 11.6 Å². The topological polar surface area (TPSA) is 17.1 Å². The molecule has 1 aromatic rings. The summed E-state index contributed by atoms with van der Waals surface area (Å²) in [5.74, 6) is 0.140. The molecule has 1 aromatic carbocycles. The van der Waals surface area contributed by atoms with Crippen molar-refractivity contribution in [1.29, 1.82) is 0 Å². The van der Waals surface area contributed by atoms with E-state index < -0.39 is 0 Å². The molecule has 0 amide bonds. The van der Waals surface area contributed by atoms with E-state index >= 15 is 0 Å². The van der Waals surface area contributed by atoms with Gasteiger partial charge in [0, 0.05) is 27.7 Å². The van der Waals surface area contributed by atoms with Gasteiger partial charge in [0.2, 0.25) is 0 Å². The largest absolute Gasteiger partial charge is 0.294 e. The second-order valence-corrected chi connectivity index (χ2v) is 4.56.